The van der Waals surface area contributed by atoms with Gasteiger partial charge in [0.1, 0.15) is 17.7 Å². The number of hydrogen-bond donors (Lipinski definition) is 1. The highest BCUT2D eigenvalue weighted by molar-refractivity contribution is 8.00. The first-order chi connectivity index (χ1) is 15.6. The lowest BCUT2D eigenvalue weighted by molar-refractivity contribution is -0.121. The Hall–Kier alpha value is -3.29. The first-order valence-corrected chi connectivity index (χ1v) is 11.3. The molecule has 2 amide bonds. The Kier molecular flexibility index (Phi) is 7.09. The largest absolute Gasteiger partial charge is 0.497 e. The number of rotatable bonds is 8. The van der Waals surface area contributed by atoms with Crippen molar-refractivity contribution in [3.05, 3.63) is 90.0 Å². The Balaban J connectivity index is 1.41. The van der Waals surface area contributed by atoms with Gasteiger partial charge in [0.2, 0.25) is 11.8 Å². The third-order valence-electron chi connectivity index (χ3n) is 5.02. The molecule has 6 nitrogen and oxygen atoms in total. The van der Waals surface area contributed by atoms with Crippen molar-refractivity contribution in [3.8, 4) is 5.75 Å². The van der Waals surface area contributed by atoms with Crippen molar-refractivity contribution in [2.24, 2.45) is 0 Å². The lowest BCUT2D eigenvalue weighted by Gasteiger charge is -2.25. The molecule has 0 aliphatic carbocycles. The van der Waals surface area contributed by atoms with Crippen molar-refractivity contribution in [1.82, 2.24) is 0 Å². The zero-order chi connectivity index (χ0) is 22.3. The van der Waals surface area contributed by atoms with Crippen LogP contribution in [0.25, 0.3) is 0 Å². The second kappa shape index (κ2) is 10.3. The van der Waals surface area contributed by atoms with Crippen LogP contribution in [0.4, 0.5) is 11.4 Å². The molecule has 1 N–H and O–H groups in total. The highest BCUT2D eigenvalue weighted by Crippen LogP contribution is 2.42. The molecule has 1 saturated heterocycles. The summed E-state index contributed by atoms with van der Waals surface area (Å²) >= 11 is 1.56. The Bertz CT molecular complexity index is 1070. The standard InChI is InChI=1S/C25H24N2O4S/c1-30-22-12-10-21(11-13-22)27-24(29)17-32-25(27)19-8-5-9-20(14-19)26-23(28)16-31-15-18-6-3-2-4-7-18/h2-14,25H,15-17H2,1H3,(H,26,28)/t25-/m1/s1. The number of ether oxygens (including phenoxy) is 2. The van der Waals surface area contributed by atoms with Gasteiger partial charge in [-0.05, 0) is 47.5 Å². The van der Waals surface area contributed by atoms with Crippen molar-refractivity contribution >= 4 is 35.0 Å². The first-order valence-electron chi connectivity index (χ1n) is 10.2. The second-order valence-electron chi connectivity index (χ2n) is 7.28. The molecular formula is C25H24N2O4S. The highest BCUT2D eigenvalue weighted by Gasteiger charge is 2.34. The molecular weight excluding hydrogens is 424 g/mol. The number of benzene rings is 3. The van der Waals surface area contributed by atoms with E-state index in [1.54, 1.807) is 23.8 Å². The maximum atomic E-state index is 12.6. The molecule has 0 radical (unpaired) electrons. The molecule has 0 saturated carbocycles. The number of hydrogen-bond acceptors (Lipinski definition) is 5. The average molecular weight is 449 g/mol. The summed E-state index contributed by atoms with van der Waals surface area (Å²) in [6, 6.07) is 24.7. The summed E-state index contributed by atoms with van der Waals surface area (Å²) in [7, 11) is 1.61. The van der Waals surface area contributed by atoms with E-state index in [1.165, 1.54) is 0 Å². The van der Waals surface area contributed by atoms with Crippen molar-refractivity contribution < 1.29 is 19.1 Å². The summed E-state index contributed by atoms with van der Waals surface area (Å²) in [6.45, 7) is 0.347. The zero-order valence-electron chi connectivity index (χ0n) is 17.7. The molecule has 1 atom stereocenters. The van der Waals surface area contributed by atoms with Crippen LogP contribution in [0, 0.1) is 0 Å². The number of amides is 2. The molecule has 4 rings (SSSR count). The number of carbonyl (C=O) groups excluding carboxylic acids is 2. The fourth-order valence-electron chi connectivity index (χ4n) is 3.50. The molecule has 0 spiro atoms. The van der Waals surface area contributed by atoms with E-state index >= 15 is 0 Å². The predicted molar refractivity (Wildman–Crippen MR) is 127 cm³/mol. The SMILES string of the molecule is COc1ccc(N2C(=O)CS[C@@H]2c2cccc(NC(=O)COCc3ccccc3)c2)cc1. The molecule has 32 heavy (non-hydrogen) atoms. The van der Waals surface area contributed by atoms with Crippen LogP contribution >= 0.6 is 11.8 Å². The number of carbonyl (C=O) groups is 2. The molecule has 1 fully saturated rings. The van der Waals surface area contributed by atoms with Gasteiger partial charge in [-0.15, -0.1) is 11.8 Å². The van der Waals surface area contributed by atoms with E-state index in [0.29, 0.717) is 18.0 Å². The maximum Gasteiger partial charge on any atom is 0.250 e. The second-order valence-corrected chi connectivity index (χ2v) is 8.35. The molecule has 0 unspecified atom stereocenters. The lowest BCUT2D eigenvalue weighted by atomic mass is 10.1. The van der Waals surface area contributed by atoms with Crippen molar-refractivity contribution in [1.29, 1.82) is 0 Å². The molecule has 0 bridgehead atoms. The Labute approximate surface area is 191 Å². The van der Waals surface area contributed by atoms with E-state index in [-0.39, 0.29) is 23.8 Å². The minimum absolute atomic E-state index is 0.0340. The van der Waals surface area contributed by atoms with Gasteiger partial charge >= 0.3 is 0 Å². The van der Waals surface area contributed by atoms with Crippen LogP contribution in [0.2, 0.25) is 0 Å². The van der Waals surface area contributed by atoms with E-state index in [9.17, 15) is 9.59 Å². The summed E-state index contributed by atoms with van der Waals surface area (Å²) < 4.78 is 10.7. The van der Waals surface area contributed by atoms with Gasteiger partial charge in [0.15, 0.2) is 0 Å². The topological polar surface area (TPSA) is 67.9 Å². The zero-order valence-corrected chi connectivity index (χ0v) is 18.5. The van der Waals surface area contributed by atoms with Crippen molar-refractivity contribution in [2.75, 3.05) is 29.7 Å². The van der Waals surface area contributed by atoms with Gasteiger partial charge in [0.25, 0.3) is 0 Å². The Morgan fingerprint density at radius 3 is 2.59 bits per heavy atom. The third-order valence-corrected chi connectivity index (χ3v) is 6.23. The summed E-state index contributed by atoms with van der Waals surface area (Å²) in [6.07, 6.45) is 0. The van der Waals surface area contributed by atoms with E-state index in [1.807, 2.05) is 78.9 Å². The lowest BCUT2D eigenvalue weighted by Crippen LogP contribution is -2.27. The molecule has 3 aromatic rings. The minimum Gasteiger partial charge on any atom is -0.497 e. The van der Waals surface area contributed by atoms with Crippen LogP contribution in [-0.4, -0.2) is 31.3 Å². The van der Waals surface area contributed by atoms with Gasteiger partial charge in [-0.1, -0.05) is 42.5 Å². The average Bonchev–Trinajstić information content (AvgIpc) is 3.21. The summed E-state index contributed by atoms with van der Waals surface area (Å²) in [5.41, 5.74) is 3.45. The minimum atomic E-state index is -0.222. The number of methoxy groups -OCH3 is 1. The molecule has 1 aliphatic rings. The molecule has 3 aromatic carbocycles. The van der Waals surface area contributed by atoms with Gasteiger partial charge in [-0.3, -0.25) is 14.5 Å². The highest BCUT2D eigenvalue weighted by atomic mass is 32.2. The van der Waals surface area contributed by atoms with E-state index in [4.69, 9.17) is 9.47 Å². The Morgan fingerprint density at radius 2 is 1.84 bits per heavy atom. The van der Waals surface area contributed by atoms with Gasteiger partial charge in [-0.25, -0.2) is 0 Å². The summed E-state index contributed by atoms with van der Waals surface area (Å²) in [4.78, 5) is 26.7. The van der Waals surface area contributed by atoms with Crippen LogP contribution in [-0.2, 0) is 20.9 Å². The number of anilines is 2. The van der Waals surface area contributed by atoms with Gasteiger partial charge in [-0.2, -0.15) is 0 Å². The van der Waals surface area contributed by atoms with Crippen molar-refractivity contribution in [3.63, 3.8) is 0 Å². The van der Waals surface area contributed by atoms with Gasteiger partial charge in [0, 0.05) is 11.4 Å². The molecule has 0 aromatic heterocycles. The van der Waals surface area contributed by atoms with Gasteiger partial charge in [0.05, 0.1) is 19.5 Å². The van der Waals surface area contributed by atoms with E-state index in [0.717, 1.165) is 22.6 Å². The van der Waals surface area contributed by atoms with Crippen LogP contribution in [0.3, 0.4) is 0 Å². The number of thioether (sulfide) groups is 1. The number of nitrogens with zero attached hydrogens (tertiary/aromatic N) is 1. The quantitative estimate of drug-likeness (QED) is 0.544. The monoisotopic (exact) mass is 448 g/mol. The fraction of sp³-hybridized carbons (Fsp3) is 0.200. The maximum absolute atomic E-state index is 12.6. The van der Waals surface area contributed by atoms with Crippen LogP contribution in [0.1, 0.15) is 16.5 Å². The smallest absolute Gasteiger partial charge is 0.250 e. The predicted octanol–water partition coefficient (Wildman–Crippen LogP) is 4.63. The van der Waals surface area contributed by atoms with Crippen molar-refractivity contribution in [2.45, 2.75) is 12.0 Å². The fourth-order valence-corrected chi connectivity index (χ4v) is 4.66. The molecule has 1 aliphatic heterocycles. The third kappa shape index (κ3) is 5.30. The number of nitrogens with one attached hydrogen (secondary N) is 1. The van der Waals surface area contributed by atoms with Crippen LogP contribution < -0.4 is 15.0 Å². The molecule has 164 valence electrons. The van der Waals surface area contributed by atoms with E-state index < -0.39 is 0 Å². The normalized spacial score (nSPS) is 15.6. The van der Waals surface area contributed by atoms with Gasteiger partial charge < -0.3 is 14.8 Å². The van der Waals surface area contributed by atoms with E-state index in [2.05, 4.69) is 5.32 Å². The Morgan fingerprint density at radius 1 is 1.06 bits per heavy atom. The molecule has 1 heterocycles. The first kappa shape index (κ1) is 21.9. The molecule has 7 heteroatoms. The van der Waals surface area contributed by atoms with Crippen LogP contribution in [0.5, 0.6) is 5.75 Å². The van der Waals surface area contributed by atoms with Crippen LogP contribution in [0.15, 0.2) is 78.9 Å². The summed E-state index contributed by atoms with van der Waals surface area (Å²) in [5.74, 6) is 0.971. The summed E-state index contributed by atoms with van der Waals surface area (Å²) in [5, 5.41) is 2.72.